The van der Waals surface area contributed by atoms with E-state index in [1.807, 2.05) is 12.1 Å². The van der Waals surface area contributed by atoms with Gasteiger partial charge in [0.2, 0.25) is 15.9 Å². The molecule has 2 saturated heterocycles. The van der Waals surface area contributed by atoms with E-state index in [4.69, 9.17) is 0 Å². The topological polar surface area (TPSA) is 104 Å². The van der Waals surface area contributed by atoms with Gasteiger partial charge in [-0.15, -0.1) is 6.58 Å². The van der Waals surface area contributed by atoms with Gasteiger partial charge in [-0.3, -0.25) is 9.52 Å². The van der Waals surface area contributed by atoms with E-state index in [-0.39, 0.29) is 18.1 Å². The summed E-state index contributed by atoms with van der Waals surface area (Å²) in [6.45, 7) is 5.69. The molecule has 1 aromatic rings. The summed E-state index contributed by atoms with van der Waals surface area (Å²) >= 11 is 0. The third-order valence-electron chi connectivity index (χ3n) is 5.47. The second kappa shape index (κ2) is 9.38. The lowest BCUT2D eigenvalue weighted by molar-refractivity contribution is -0.129. The summed E-state index contributed by atoms with van der Waals surface area (Å²) in [4.78, 5) is 16.2. The molecule has 2 aliphatic rings. The molecule has 0 saturated carbocycles. The van der Waals surface area contributed by atoms with Crippen LogP contribution in [0.2, 0.25) is 0 Å². The Kier molecular flexibility index (Phi) is 7.07. The van der Waals surface area contributed by atoms with Crippen LogP contribution in [0.15, 0.2) is 36.9 Å². The number of benzene rings is 1. The van der Waals surface area contributed by atoms with E-state index in [0.29, 0.717) is 12.1 Å². The standard InChI is InChI=1S/C20H29N3O5S2/c1-2-11-23(19-10-14-29(25,26)15-19)20(24)16-30(27,28)21-17-6-8-18(9-7-17)22-12-4-3-5-13-22/h2,6-9,19,21H,1,3-5,10-16H2. The molecule has 30 heavy (non-hydrogen) atoms. The number of hydrogen-bond donors (Lipinski definition) is 1. The van der Waals surface area contributed by atoms with Crippen molar-refractivity contribution in [2.45, 2.75) is 31.7 Å². The first-order valence-electron chi connectivity index (χ1n) is 10.2. The highest BCUT2D eigenvalue weighted by atomic mass is 32.2. The van der Waals surface area contributed by atoms with E-state index in [1.165, 1.54) is 17.4 Å². The zero-order chi connectivity index (χ0) is 21.8. The predicted molar refractivity (Wildman–Crippen MR) is 119 cm³/mol. The SMILES string of the molecule is C=CCN(C(=O)CS(=O)(=O)Nc1ccc(N2CCCCC2)cc1)C1CCS(=O)(=O)C1. The Hall–Kier alpha value is -2.07. The van der Waals surface area contributed by atoms with Gasteiger partial charge in [-0.05, 0) is 49.9 Å². The molecule has 2 heterocycles. The molecule has 0 radical (unpaired) electrons. The molecule has 10 heteroatoms. The van der Waals surface area contributed by atoms with E-state index < -0.39 is 37.6 Å². The number of piperidine rings is 1. The van der Waals surface area contributed by atoms with Crippen molar-refractivity contribution in [3.63, 3.8) is 0 Å². The highest BCUT2D eigenvalue weighted by molar-refractivity contribution is 7.93. The van der Waals surface area contributed by atoms with Crippen LogP contribution in [0, 0.1) is 0 Å². The molecule has 1 aromatic carbocycles. The molecule has 1 unspecified atom stereocenters. The van der Waals surface area contributed by atoms with Gasteiger partial charge in [0.15, 0.2) is 9.84 Å². The monoisotopic (exact) mass is 455 g/mol. The first-order valence-corrected chi connectivity index (χ1v) is 13.6. The van der Waals surface area contributed by atoms with Gasteiger partial charge < -0.3 is 9.80 Å². The highest BCUT2D eigenvalue weighted by Gasteiger charge is 2.35. The Bertz CT molecular complexity index is 968. The van der Waals surface area contributed by atoms with E-state index in [9.17, 15) is 21.6 Å². The average Bonchev–Trinajstić information content (AvgIpc) is 3.06. The molecule has 2 aliphatic heterocycles. The second-order valence-electron chi connectivity index (χ2n) is 7.85. The van der Waals surface area contributed by atoms with Crippen molar-refractivity contribution >= 4 is 37.1 Å². The van der Waals surface area contributed by atoms with Crippen molar-refractivity contribution in [2.24, 2.45) is 0 Å². The minimum Gasteiger partial charge on any atom is -0.372 e. The maximum absolute atomic E-state index is 12.7. The van der Waals surface area contributed by atoms with Crippen molar-refractivity contribution in [3.8, 4) is 0 Å². The molecule has 0 aliphatic carbocycles. The molecule has 0 bridgehead atoms. The number of carbonyl (C=O) groups excluding carboxylic acids is 1. The fraction of sp³-hybridized carbons (Fsp3) is 0.550. The molecule has 0 spiro atoms. The molecule has 166 valence electrons. The van der Waals surface area contributed by atoms with Crippen LogP contribution in [-0.2, 0) is 24.7 Å². The first kappa shape index (κ1) is 22.6. The number of hydrogen-bond acceptors (Lipinski definition) is 6. The quantitative estimate of drug-likeness (QED) is 0.598. The van der Waals surface area contributed by atoms with Crippen LogP contribution < -0.4 is 9.62 Å². The van der Waals surface area contributed by atoms with E-state index in [1.54, 1.807) is 12.1 Å². The molecular weight excluding hydrogens is 426 g/mol. The summed E-state index contributed by atoms with van der Waals surface area (Å²) in [7, 11) is -7.13. The number of nitrogens with zero attached hydrogens (tertiary/aromatic N) is 2. The number of sulfonamides is 1. The van der Waals surface area contributed by atoms with Gasteiger partial charge in [-0.25, -0.2) is 16.8 Å². The van der Waals surface area contributed by atoms with Crippen molar-refractivity contribution in [1.82, 2.24) is 4.90 Å². The minimum atomic E-state index is -3.93. The summed E-state index contributed by atoms with van der Waals surface area (Å²) in [6.07, 6.45) is 5.33. The Labute approximate surface area is 178 Å². The van der Waals surface area contributed by atoms with Crippen LogP contribution >= 0.6 is 0 Å². The van der Waals surface area contributed by atoms with Gasteiger partial charge >= 0.3 is 0 Å². The Morgan fingerprint density at radius 1 is 1.20 bits per heavy atom. The molecule has 2 fully saturated rings. The average molecular weight is 456 g/mol. The fourth-order valence-electron chi connectivity index (χ4n) is 3.97. The molecule has 1 amide bonds. The maximum atomic E-state index is 12.7. The normalized spacial score (nSPS) is 21.2. The third kappa shape index (κ3) is 5.98. The summed E-state index contributed by atoms with van der Waals surface area (Å²) in [5.41, 5.74) is 1.44. The van der Waals surface area contributed by atoms with Gasteiger partial charge in [0.25, 0.3) is 0 Å². The zero-order valence-corrected chi connectivity index (χ0v) is 18.6. The molecular formula is C20H29N3O5S2. The lowest BCUT2D eigenvalue weighted by Crippen LogP contribution is -2.44. The van der Waals surface area contributed by atoms with Crippen LogP contribution in [-0.4, -0.2) is 70.6 Å². The van der Waals surface area contributed by atoms with Crippen LogP contribution in [0.1, 0.15) is 25.7 Å². The number of amides is 1. The fourth-order valence-corrected chi connectivity index (χ4v) is 6.76. The van der Waals surface area contributed by atoms with Gasteiger partial charge in [-0.2, -0.15) is 0 Å². The smallest absolute Gasteiger partial charge is 0.241 e. The number of nitrogens with one attached hydrogen (secondary N) is 1. The van der Waals surface area contributed by atoms with Gasteiger partial charge in [0.1, 0.15) is 5.75 Å². The summed E-state index contributed by atoms with van der Waals surface area (Å²) in [5.74, 6) is -1.51. The lowest BCUT2D eigenvalue weighted by atomic mass is 10.1. The lowest BCUT2D eigenvalue weighted by Gasteiger charge is -2.29. The molecule has 0 aromatic heterocycles. The van der Waals surface area contributed by atoms with E-state index >= 15 is 0 Å². The van der Waals surface area contributed by atoms with E-state index in [0.717, 1.165) is 31.6 Å². The van der Waals surface area contributed by atoms with Gasteiger partial charge in [0, 0.05) is 37.1 Å². The Morgan fingerprint density at radius 2 is 1.87 bits per heavy atom. The number of sulfone groups is 1. The summed E-state index contributed by atoms with van der Waals surface area (Å²) in [6, 6.07) is 6.62. The van der Waals surface area contributed by atoms with Crippen molar-refractivity contribution in [2.75, 3.05) is 46.5 Å². The Balaban J connectivity index is 1.63. The van der Waals surface area contributed by atoms with Crippen molar-refractivity contribution in [1.29, 1.82) is 0 Å². The number of rotatable bonds is 8. The molecule has 8 nitrogen and oxygen atoms in total. The highest BCUT2D eigenvalue weighted by Crippen LogP contribution is 2.23. The van der Waals surface area contributed by atoms with Crippen molar-refractivity contribution < 1.29 is 21.6 Å². The van der Waals surface area contributed by atoms with Crippen LogP contribution in [0.3, 0.4) is 0 Å². The summed E-state index contributed by atoms with van der Waals surface area (Å²) in [5, 5.41) is 0. The number of anilines is 2. The third-order valence-corrected chi connectivity index (χ3v) is 8.39. The summed E-state index contributed by atoms with van der Waals surface area (Å²) < 4.78 is 51.0. The van der Waals surface area contributed by atoms with Gasteiger partial charge in [0.05, 0.1) is 11.5 Å². The van der Waals surface area contributed by atoms with Crippen LogP contribution in [0.25, 0.3) is 0 Å². The maximum Gasteiger partial charge on any atom is 0.241 e. The zero-order valence-electron chi connectivity index (χ0n) is 17.0. The van der Waals surface area contributed by atoms with Crippen LogP contribution in [0.5, 0.6) is 0 Å². The molecule has 1 N–H and O–H groups in total. The van der Waals surface area contributed by atoms with Gasteiger partial charge in [-0.1, -0.05) is 6.08 Å². The minimum absolute atomic E-state index is 0.00690. The second-order valence-corrected chi connectivity index (χ2v) is 11.8. The first-order chi connectivity index (χ1) is 14.2. The largest absolute Gasteiger partial charge is 0.372 e. The number of carbonyl (C=O) groups is 1. The van der Waals surface area contributed by atoms with Crippen molar-refractivity contribution in [3.05, 3.63) is 36.9 Å². The Morgan fingerprint density at radius 3 is 2.43 bits per heavy atom. The molecule has 3 rings (SSSR count). The predicted octanol–water partition coefficient (Wildman–Crippen LogP) is 1.62. The molecule has 1 atom stereocenters. The van der Waals surface area contributed by atoms with Crippen LogP contribution in [0.4, 0.5) is 11.4 Å². The van der Waals surface area contributed by atoms with E-state index in [2.05, 4.69) is 16.2 Å².